The molecular weight excluding hydrogens is 461 g/mol. The molecule has 1 saturated carbocycles. The minimum atomic E-state index is -0.106. The van der Waals surface area contributed by atoms with Gasteiger partial charge in [0, 0.05) is 45.8 Å². The molecule has 0 aromatic rings. The molecule has 1 aliphatic heterocycles. The van der Waals surface area contributed by atoms with Gasteiger partial charge in [0.05, 0.1) is 13.2 Å². The van der Waals surface area contributed by atoms with Crippen LogP contribution in [0.4, 0.5) is 0 Å². The summed E-state index contributed by atoms with van der Waals surface area (Å²) in [6.45, 7) is 2.63. The topological polar surface area (TPSA) is 95.1 Å². The van der Waals surface area contributed by atoms with Crippen LogP contribution in [0.5, 0.6) is 0 Å². The van der Waals surface area contributed by atoms with Crippen molar-refractivity contribution in [1.82, 2.24) is 20.9 Å². The van der Waals surface area contributed by atoms with Gasteiger partial charge in [-0.3, -0.25) is 14.6 Å². The fourth-order valence-corrected chi connectivity index (χ4v) is 3.59. The minimum Gasteiger partial charge on any atom is -0.383 e. The van der Waals surface area contributed by atoms with E-state index in [-0.39, 0.29) is 48.4 Å². The summed E-state index contributed by atoms with van der Waals surface area (Å²) in [5, 5.41) is 9.08. The van der Waals surface area contributed by atoms with Gasteiger partial charge in [-0.25, -0.2) is 0 Å². The van der Waals surface area contributed by atoms with Gasteiger partial charge < -0.3 is 25.6 Å². The first-order valence-electron chi connectivity index (χ1n) is 9.65. The maximum atomic E-state index is 12.6. The van der Waals surface area contributed by atoms with Gasteiger partial charge in [0.15, 0.2) is 5.96 Å². The number of aliphatic imine (C=N–C) groups is 1. The van der Waals surface area contributed by atoms with E-state index in [1.807, 2.05) is 4.90 Å². The molecule has 1 saturated heterocycles. The highest BCUT2D eigenvalue weighted by molar-refractivity contribution is 14.0. The highest BCUT2D eigenvalue weighted by Crippen LogP contribution is 2.26. The van der Waals surface area contributed by atoms with E-state index >= 15 is 0 Å². The molecule has 1 atom stereocenters. The van der Waals surface area contributed by atoms with Crippen molar-refractivity contribution in [2.75, 3.05) is 46.9 Å². The SMILES string of the molecule is CN=C(NCC(=O)NCCOC)NC1CCN(C(=O)C2CCCCC2)C1.I. The van der Waals surface area contributed by atoms with Gasteiger partial charge in [0.2, 0.25) is 11.8 Å². The summed E-state index contributed by atoms with van der Waals surface area (Å²) in [6, 6.07) is 0.172. The second-order valence-corrected chi connectivity index (χ2v) is 7.02. The number of nitrogens with one attached hydrogen (secondary N) is 3. The van der Waals surface area contributed by atoms with Crippen LogP contribution in [0.25, 0.3) is 0 Å². The van der Waals surface area contributed by atoms with Crippen LogP contribution in [-0.2, 0) is 14.3 Å². The second kappa shape index (κ2) is 13.1. The molecule has 156 valence electrons. The van der Waals surface area contributed by atoms with Gasteiger partial charge in [0.1, 0.15) is 0 Å². The van der Waals surface area contributed by atoms with Crippen LogP contribution in [0.3, 0.4) is 0 Å². The number of hydrogen-bond donors (Lipinski definition) is 3. The highest BCUT2D eigenvalue weighted by Gasteiger charge is 2.31. The third-order valence-corrected chi connectivity index (χ3v) is 5.06. The van der Waals surface area contributed by atoms with Gasteiger partial charge in [-0.1, -0.05) is 19.3 Å². The van der Waals surface area contributed by atoms with Crippen molar-refractivity contribution < 1.29 is 14.3 Å². The molecule has 2 fully saturated rings. The molecule has 2 rings (SSSR count). The molecule has 27 heavy (non-hydrogen) atoms. The van der Waals surface area contributed by atoms with Crippen LogP contribution >= 0.6 is 24.0 Å². The van der Waals surface area contributed by atoms with E-state index in [4.69, 9.17) is 4.74 Å². The predicted molar refractivity (Wildman–Crippen MR) is 116 cm³/mol. The number of carbonyl (C=O) groups excluding carboxylic acids is 2. The molecule has 2 amide bonds. The van der Waals surface area contributed by atoms with E-state index in [0.717, 1.165) is 25.8 Å². The molecule has 1 unspecified atom stereocenters. The molecule has 1 aliphatic carbocycles. The van der Waals surface area contributed by atoms with Crippen LogP contribution in [0, 0.1) is 5.92 Å². The van der Waals surface area contributed by atoms with Gasteiger partial charge in [-0.05, 0) is 19.3 Å². The zero-order valence-electron chi connectivity index (χ0n) is 16.5. The third-order valence-electron chi connectivity index (χ3n) is 5.06. The van der Waals surface area contributed by atoms with E-state index < -0.39 is 0 Å². The second-order valence-electron chi connectivity index (χ2n) is 7.02. The predicted octanol–water partition coefficient (Wildman–Crippen LogP) is 0.713. The van der Waals surface area contributed by atoms with E-state index in [2.05, 4.69) is 20.9 Å². The van der Waals surface area contributed by atoms with Crippen molar-refractivity contribution in [3.8, 4) is 0 Å². The van der Waals surface area contributed by atoms with E-state index in [1.54, 1.807) is 14.2 Å². The Hall–Kier alpha value is -1.10. The Balaban J connectivity index is 0.00000364. The van der Waals surface area contributed by atoms with Crippen molar-refractivity contribution in [3.63, 3.8) is 0 Å². The first-order chi connectivity index (χ1) is 12.6. The monoisotopic (exact) mass is 495 g/mol. The van der Waals surface area contributed by atoms with Crippen LogP contribution in [0.1, 0.15) is 38.5 Å². The Bertz CT molecular complexity index is 497. The van der Waals surface area contributed by atoms with Gasteiger partial charge in [-0.2, -0.15) is 0 Å². The Morgan fingerprint density at radius 1 is 1.15 bits per heavy atom. The number of amides is 2. The van der Waals surface area contributed by atoms with Gasteiger partial charge >= 0.3 is 0 Å². The first-order valence-corrected chi connectivity index (χ1v) is 9.65. The number of methoxy groups -OCH3 is 1. The van der Waals surface area contributed by atoms with Crippen molar-refractivity contribution >= 4 is 41.8 Å². The lowest BCUT2D eigenvalue weighted by atomic mass is 9.88. The summed E-state index contributed by atoms with van der Waals surface area (Å²) in [5.74, 6) is 1.01. The Morgan fingerprint density at radius 3 is 2.56 bits per heavy atom. The molecule has 1 heterocycles. The fraction of sp³-hybridized carbons (Fsp3) is 0.833. The number of hydrogen-bond acceptors (Lipinski definition) is 4. The zero-order chi connectivity index (χ0) is 18.8. The summed E-state index contributed by atoms with van der Waals surface area (Å²) in [4.78, 5) is 30.5. The molecule has 0 aromatic carbocycles. The maximum absolute atomic E-state index is 12.6. The van der Waals surface area contributed by atoms with Crippen LogP contribution in [0.15, 0.2) is 4.99 Å². The van der Waals surface area contributed by atoms with Crippen LogP contribution < -0.4 is 16.0 Å². The molecule has 0 aromatic heterocycles. The van der Waals surface area contributed by atoms with Crippen molar-refractivity contribution in [2.45, 2.75) is 44.6 Å². The lowest BCUT2D eigenvalue weighted by Crippen LogP contribution is -2.48. The summed E-state index contributed by atoms with van der Waals surface area (Å²) in [6.07, 6.45) is 6.59. The summed E-state index contributed by atoms with van der Waals surface area (Å²) in [7, 11) is 3.28. The Kier molecular flexibility index (Phi) is 11.7. The molecule has 3 N–H and O–H groups in total. The van der Waals surface area contributed by atoms with Crippen molar-refractivity contribution in [2.24, 2.45) is 10.9 Å². The number of nitrogens with zero attached hydrogens (tertiary/aromatic N) is 2. The quantitative estimate of drug-likeness (QED) is 0.209. The van der Waals surface area contributed by atoms with E-state index in [9.17, 15) is 9.59 Å². The third kappa shape index (κ3) is 8.20. The van der Waals surface area contributed by atoms with E-state index in [0.29, 0.717) is 31.6 Å². The van der Waals surface area contributed by atoms with Gasteiger partial charge in [0.25, 0.3) is 0 Å². The summed E-state index contributed by atoms with van der Waals surface area (Å²) >= 11 is 0. The number of ether oxygens (including phenoxy) is 1. The minimum absolute atomic E-state index is 0. The Labute approximate surface area is 179 Å². The molecule has 2 aliphatic rings. The summed E-state index contributed by atoms with van der Waals surface area (Å²) < 4.78 is 4.90. The molecule has 9 heteroatoms. The first kappa shape index (κ1) is 23.9. The van der Waals surface area contributed by atoms with Crippen LogP contribution in [-0.4, -0.2) is 75.7 Å². The number of carbonyl (C=O) groups is 2. The fourth-order valence-electron chi connectivity index (χ4n) is 3.59. The average Bonchev–Trinajstić information content (AvgIpc) is 3.14. The number of likely N-dealkylation sites (tertiary alicyclic amines) is 1. The zero-order valence-corrected chi connectivity index (χ0v) is 18.8. The normalized spacial score (nSPS) is 20.7. The smallest absolute Gasteiger partial charge is 0.239 e. The number of guanidine groups is 1. The number of halogens is 1. The molecule has 8 nitrogen and oxygen atoms in total. The molecule has 0 bridgehead atoms. The van der Waals surface area contributed by atoms with Crippen LogP contribution in [0.2, 0.25) is 0 Å². The molecule has 0 spiro atoms. The average molecular weight is 495 g/mol. The largest absolute Gasteiger partial charge is 0.383 e. The van der Waals surface area contributed by atoms with Crippen molar-refractivity contribution in [1.29, 1.82) is 0 Å². The van der Waals surface area contributed by atoms with Crippen molar-refractivity contribution in [3.05, 3.63) is 0 Å². The van der Waals surface area contributed by atoms with Gasteiger partial charge in [-0.15, -0.1) is 24.0 Å². The maximum Gasteiger partial charge on any atom is 0.239 e. The standard InChI is InChI=1S/C18H33N5O3.HI/c1-19-18(21-12-16(24)20-9-11-26-2)22-15-8-10-23(13-15)17(25)14-6-4-3-5-7-14;/h14-15H,3-13H2,1-2H3,(H,20,24)(H2,19,21,22);1H. The summed E-state index contributed by atoms with van der Waals surface area (Å²) in [5.41, 5.74) is 0. The molecule has 0 radical (unpaired) electrons. The lowest BCUT2D eigenvalue weighted by molar-refractivity contribution is -0.135. The van der Waals surface area contributed by atoms with E-state index in [1.165, 1.54) is 19.3 Å². The molecular formula is C18H34IN5O3. The lowest BCUT2D eigenvalue weighted by Gasteiger charge is -2.26. The Morgan fingerprint density at radius 2 is 1.89 bits per heavy atom. The highest BCUT2D eigenvalue weighted by atomic mass is 127. The number of rotatable bonds is 7.